The summed E-state index contributed by atoms with van der Waals surface area (Å²) in [7, 11) is 2.02. The van der Waals surface area contributed by atoms with Crippen molar-refractivity contribution >= 4 is 22.1 Å². The van der Waals surface area contributed by atoms with Crippen LogP contribution in [0.5, 0.6) is 0 Å². The van der Waals surface area contributed by atoms with Crippen molar-refractivity contribution in [3.05, 3.63) is 75.8 Å². The first-order valence-corrected chi connectivity index (χ1v) is 8.25. The minimum absolute atomic E-state index is 0.236. The zero-order valence-corrected chi connectivity index (χ0v) is 14.2. The highest BCUT2D eigenvalue weighted by Crippen LogP contribution is 2.24. The van der Waals surface area contributed by atoms with Gasteiger partial charge in [-0.1, -0.05) is 36.4 Å². The van der Waals surface area contributed by atoms with E-state index < -0.39 is 0 Å². The van der Waals surface area contributed by atoms with E-state index in [1.54, 1.807) is 0 Å². The fraction of sp³-hybridized carbons (Fsp3) is 0.200. The van der Waals surface area contributed by atoms with E-state index in [0.717, 1.165) is 11.9 Å². The van der Waals surface area contributed by atoms with Gasteiger partial charge in [0.25, 0.3) is 5.56 Å². The second kappa shape index (κ2) is 6.18. The van der Waals surface area contributed by atoms with Gasteiger partial charge < -0.3 is 9.40 Å². The molecule has 0 fully saturated rings. The number of aryl methyl sites for hydroxylation is 1. The molecule has 5 nitrogen and oxygen atoms in total. The highest BCUT2D eigenvalue weighted by Gasteiger charge is 2.14. The van der Waals surface area contributed by atoms with Crippen LogP contribution >= 0.6 is 0 Å². The maximum atomic E-state index is 12.4. The van der Waals surface area contributed by atoms with Crippen molar-refractivity contribution in [1.82, 2.24) is 14.9 Å². The Balaban J connectivity index is 1.66. The molecule has 1 N–H and O–H groups in total. The molecule has 0 saturated heterocycles. The van der Waals surface area contributed by atoms with Crippen LogP contribution < -0.4 is 5.56 Å². The van der Waals surface area contributed by atoms with Gasteiger partial charge in [-0.3, -0.25) is 9.69 Å². The molecule has 0 bridgehead atoms. The van der Waals surface area contributed by atoms with Gasteiger partial charge in [-0.15, -0.1) is 0 Å². The molecule has 0 unspecified atom stereocenters. The van der Waals surface area contributed by atoms with Crippen molar-refractivity contribution in [2.24, 2.45) is 0 Å². The van der Waals surface area contributed by atoms with Gasteiger partial charge in [0.05, 0.1) is 6.54 Å². The molecule has 0 amide bonds. The summed E-state index contributed by atoms with van der Waals surface area (Å²) in [6, 6.07) is 15.9. The van der Waals surface area contributed by atoms with E-state index in [1.807, 2.05) is 43.4 Å². The van der Waals surface area contributed by atoms with Gasteiger partial charge in [-0.05, 0) is 37.2 Å². The van der Waals surface area contributed by atoms with Gasteiger partial charge >= 0.3 is 0 Å². The summed E-state index contributed by atoms with van der Waals surface area (Å²) in [5.41, 5.74) is 3.88. The average molecular weight is 333 g/mol. The predicted octanol–water partition coefficient (Wildman–Crippen LogP) is 3.61. The number of nitrogens with zero attached hydrogens (tertiary/aromatic N) is 2. The smallest absolute Gasteiger partial charge is 0.294 e. The van der Waals surface area contributed by atoms with Gasteiger partial charge in [0, 0.05) is 11.9 Å². The topological polar surface area (TPSA) is 62.1 Å². The third kappa shape index (κ3) is 2.94. The number of furan rings is 1. The predicted molar refractivity (Wildman–Crippen MR) is 98.5 cm³/mol. The molecule has 0 aliphatic rings. The minimum Gasteiger partial charge on any atom is -0.449 e. The maximum absolute atomic E-state index is 12.4. The molecule has 0 spiro atoms. The summed E-state index contributed by atoms with van der Waals surface area (Å²) in [5, 5.41) is 0.867. The van der Waals surface area contributed by atoms with E-state index in [4.69, 9.17) is 4.42 Å². The largest absolute Gasteiger partial charge is 0.449 e. The first kappa shape index (κ1) is 15.6. The molecule has 25 heavy (non-hydrogen) atoms. The number of H-pyrrole nitrogens is 1. The quantitative estimate of drug-likeness (QED) is 0.620. The van der Waals surface area contributed by atoms with E-state index in [1.165, 1.54) is 11.1 Å². The Kier molecular flexibility index (Phi) is 3.86. The van der Waals surface area contributed by atoms with Crippen LogP contribution in [0.15, 0.2) is 57.7 Å². The van der Waals surface area contributed by atoms with E-state index in [-0.39, 0.29) is 11.1 Å². The molecule has 0 radical (unpaired) electrons. The summed E-state index contributed by atoms with van der Waals surface area (Å²) < 4.78 is 5.63. The van der Waals surface area contributed by atoms with Gasteiger partial charge in [0.2, 0.25) is 5.58 Å². The number of benzene rings is 2. The standard InChI is InChI=1S/C20H19N3O2/c1-13-7-3-4-8-14(13)11-23(2)12-17-21-18-15-9-5-6-10-16(15)25-19(18)20(24)22-17/h3-10H,11-12H2,1-2H3,(H,21,22,24). The Morgan fingerprint density at radius 3 is 2.68 bits per heavy atom. The summed E-state index contributed by atoms with van der Waals surface area (Å²) >= 11 is 0. The minimum atomic E-state index is -0.236. The van der Waals surface area contributed by atoms with Crippen molar-refractivity contribution in [2.45, 2.75) is 20.0 Å². The third-order valence-electron chi connectivity index (χ3n) is 4.40. The number of fused-ring (bicyclic) bond motifs is 3. The van der Waals surface area contributed by atoms with Gasteiger partial charge in [-0.2, -0.15) is 0 Å². The lowest BCUT2D eigenvalue weighted by Crippen LogP contribution is -2.22. The zero-order valence-electron chi connectivity index (χ0n) is 14.2. The fourth-order valence-corrected chi connectivity index (χ4v) is 3.11. The number of hydrogen-bond donors (Lipinski definition) is 1. The van der Waals surface area contributed by atoms with Gasteiger partial charge in [0.15, 0.2) is 0 Å². The molecule has 4 aromatic rings. The normalized spacial score (nSPS) is 11.6. The van der Waals surface area contributed by atoms with Crippen molar-refractivity contribution < 1.29 is 4.42 Å². The summed E-state index contributed by atoms with van der Waals surface area (Å²) in [6.45, 7) is 3.45. The first-order chi connectivity index (χ1) is 12.1. The van der Waals surface area contributed by atoms with E-state index in [0.29, 0.717) is 23.5 Å². The van der Waals surface area contributed by atoms with Crippen molar-refractivity contribution in [1.29, 1.82) is 0 Å². The number of hydrogen-bond acceptors (Lipinski definition) is 4. The Hall–Kier alpha value is -2.92. The lowest BCUT2D eigenvalue weighted by Gasteiger charge is -2.17. The van der Waals surface area contributed by atoms with Crippen LogP contribution in [0.25, 0.3) is 22.1 Å². The highest BCUT2D eigenvalue weighted by molar-refractivity contribution is 6.01. The Labute approximate surface area is 144 Å². The van der Waals surface area contributed by atoms with Crippen LogP contribution in [-0.4, -0.2) is 21.9 Å². The molecule has 2 aromatic heterocycles. The number of para-hydroxylation sites is 1. The van der Waals surface area contributed by atoms with E-state index >= 15 is 0 Å². The average Bonchev–Trinajstić information content (AvgIpc) is 2.96. The molecule has 126 valence electrons. The molecule has 0 saturated carbocycles. The molecule has 2 heterocycles. The Morgan fingerprint density at radius 1 is 1.08 bits per heavy atom. The third-order valence-corrected chi connectivity index (χ3v) is 4.40. The monoisotopic (exact) mass is 333 g/mol. The molecule has 0 atom stereocenters. The number of aromatic amines is 1. The first-order valence-electron chi connectivity index (χ1n) is 8.25. The van der Waals surface area contributed by atoms with E-state index in [9.17, 15) is 4.79 Å². The number of aromatic nitrogens is 2. The van der Waals surface area contributed by atoms with E-state index in [2.05, 4.69) is 33.9 Å². The zero-order chi connectivity index (χ0) is 17.4. The van der Waals surface area contributed by atoms with Gasteiger partial charge in [0.1, 0.15) is 16.9 Å². The Bertz CT molecular complexity index is 1110. The van der Waals surface area contributed by atoms with Crippen LogP contribution in [0.1, 0.15) is 17.0 Å². The van der Waals surface area contributed by atoms with Crippen LogP contribution in [0.3, 0.4) is 0 Å². The fourth-order valence-electron chi connectivity index (χ4n) is 3.11. The molecular weight excluding hydrogens is 314 g/mol. The SMILES string of the molecule is Cc1ccccc1CN(C)Cc1nc2c(oc3ccccc32)c(=O)[nH]1. The Morgan fingerprint density at radius 2 is 1.84 bits per heavy atom. The maximum Gasteiger partial charge on any atom is 0.294 e. The number of nitrogens with one attached hydrogen (secondary N) is 1. The van der Waals surface area contributed by atoms with Crippen molar-refractivity contribution in [3.63, 3.8) is 0 Å². The number of rotatable bonds is 4. The van der Waals surface area contributed by atoms with Crippen molar-refractivity contribution in [3.8, 4) is 0 Å². The molecule has 5 heteroatoms. The summed E-state index contributed by atoms with van der Waals surface area (Å²) in [6.07, 6.45) is 0. The second-order valence-corrected chi connectivity index (χ2v) is 6.39. The molecule has 2 aromatic carbocycles. The molecular formula is C20H19N3O2. The summed E-state index contributed by atoms with van der Waals surface area (Å²) in [5.74, 6) is 0.639. The molecule has 0 aliphatic carbocycles. The summed E-state index contributed by atoms with van der Waals surface area (Å²) in [4.78, 5) is 22.0. The lowest BCUT2D eigenvalue weighted by molar-refractivity contribution is 0.310. The van der Waals surface area contributed by atoms with Crippen LogP contribution in [0, 0.1) is 6.92 Å². The highest BCUT2D eigenvalue weighted by atomic mass is 16.3. The molecule has 0 aliphatic heterocycles. The molecule has 4 rings (SSSR count). The van der Waals surface area contributed by atoms with Crippen LogP contribution in [-0.2, 0) is 13.1 Å². The van der Waals surface area contributed by atoms with Gasteiger partial charge in [-0.25, -0.2) is 4.98 Å². The lowest BCUT2D eigenvalue weighted by atomic mass is 10.1. The van der Waals surface area contributed by atoms with Crippen LogP contribution in [0.2, 0.25) is 0 Å². The van der Waals surface area contributed by atoms with Crippen LogP contribution in [0.4, 0.5) is 0 Å². The van der Waals surface area contributed by atoms with Crippen molar-refractivity contribution in [2.75, 3.05) is 7.05 Å². The second-order valence-electron chi connectivity index (χ2n) is 6.39.